The number of carboxylic acids is 1. The summed E-state index contributed by atoms with van der Waals surface area (Å²) in [6, 6.07) is -1.08. The van der Waals surface area contributed by atoms with E-state index >= 15 is 0 Å². The van der Waals surface area contributed by atoms with Crippen molar-refractivity contribution in [2.45, 2.75) is 49.5 Å². The number of fused-ring (bicyclic) bond motifs is 1. The second kappa shape index (κ2) is 12.7. The zero-order chi connectivity index (χ0) is 30.6. The van der Waals surface area contributed by atoms with E-state index in [9.17, 15) is 24.3 Å². The molecule has 0 spiro atoms. The number of rotatable bonds is 11. The molecule has 222 valence electrons. The third kappa shape index (κ3) is 6.97. The van der Waals surface area contributed by atoms with Gasteiger partial charge in [-0.3, -0.25) is 14.5 Å². The normalized spacial score (nSPS) is 18.6. The van der Waals surface area contributed by atoms with Crippen LogP contribution in [0.15, 0.2) is 21.6 Å². The Balaban J connectivity index is 1.46. The van der Waals surface area contributed by atoms with Crippen molar-refractivity contribution in [2.75, 3.05) is 23.8 Å². The molecule has 1 fully saturated rings. The highest BCUT2D eigenvalue weighted by Crippen LogP contribution is 2.41. The average Bonchev–Trinajstić information content (AvgIpc) is 3.55. The van der Waals surface area contributed by atoms with Crippen LogP contribution in [-0.4, -0.2) is 104 Å². The number of nitrogens with zero attached hydrogens (tertiary/aromatic N) is 8. The summed E-state index contributed by atoms with van der Waals surface area (Å²) >= 11 is 3.25. The number of carbonyl (C=O) groups is 4. The van der Waals surface area contributed by atoms with E-state index in [0.717, 1.165) is 16.4 Å². The van der Waals surface area contributed by atoms with E-state index in [-0.39, 0.29) is 34.7 Å². The Kier molecular flexibility index (Phi) is 9.33. The molecule has 17 nitrogen and oxygen atoms in total. The lowest BCUT2D eigenvalue weighted by Gasteiger charge is -2.49. The van der Waals surface area contributed by atoms with Crippen molar-refractivity contribution in [3.05, 3.63) is 17.1 Å². The van der Waals surface area contributed by atoms with Crippen LogP contribution in [0.5, 0.6) is 0 Å². The molecule has 0 aromatic carbocycles. The van der Waals surface area contributed by atoms with Gasteiger partial charge >= 0.3 is 11.9 Å². The van der Waals surface area contributed by atoms with Crippen LogP contribution in [0.4, 0.5) is 5.13 Å². The molecule has 0 aliphatic carbocycles. The van der Waals surface area contributed by atoms with E-state index < -0.39 is 53.1 Å². The van der Waals surface area contributed by atoms with E-state index in [4.69, 9.17) is 21.7 Å². The molecule has 2 aromatic rings. The number of tetrazole rings is 1. The Hall–Kier alpha value is -4.22. The van der Waals surface area contributed by atoms with E-state index in [2.05, 4.69) is 41.3 Å². The van der Waals surface area contributed by atoms with Crippen molar-refractivity contribution in [3.63, 3.8) is 0 Å². The topological polar surface area (TPSA) is 230 Å². The fourth-order valence-corrected chi connectivity index (χ4v) is 6.47. The number of carboxylic acid groups (broad SMARTS) is 1. The number of nitrogens with one attached hydrogen (secondary N) is 1. The number of ether oxygens (including phenoxy) is 1. The molecule has 4 N–H and O–H groups in total. The molecule has 20 heteroatoms. The van der Waals surface area contributed by atoms with Crippen molar-refractivity contribution in [1.29, 1.82) is 0 Å². The molecular weight excluding hydrogens is 613 g/mol. The van der Waals surface area contributed by atoms with Crippen LogP contribution in [0.3, 0.4) is 0 Å². The van der Waals surface area contributed by atoms with Crippen LogP contribution in [0.1, 0.15) is 26.6 Å². The van der Waals surface area contributed by atoms with Crippen LogP contribution >= 0.6 is 35.1 Å². The van der Waals surface area contributed by atoms with Crippen molar-refractivity contribution in [3.8, 4) is 12.3 Å². The summed E-state index contributed by atoms with van der Waals surface area (Å²) in [4.78, 5) is 60.5. The van der Waals surface area contributed by atoms with Crippen LogP contribution in [-0.2, 0) is 35.3 Å². The highest BCUT2D eigenvalue weighted by Gasteiger charge is 2.54. The minimum atomic E-state index is -1.29. The molecule has 42 heavy (non-hydrogen) atoms. The number of hydrogen-bond acceptors (Lipinski definition) is 16. The summed E-state index contributed by atoms with van der Waals surface area (Å²) in [6.07, 6.45) is 5.32. The van der Waals surface area contributed by atoms with Gasteiger partial charge in [0.05, 0.1) is 0 Å². The highest BCUT2D eigenvalue weighted by molar-refractivity contribution is 8.01. The molecule has 2 atom stereocenters. The number of hydrogen-bond donors (Lipinski definition) is 3. The second-order valence-corrected chi connectivity index (χ2v) is 12.3. The number of nitrogen functional groups attached to an aromatic ring is 1. The number of aliphatic carboxylic acids is 1. The Morgan fingerprint density at radius 3 is 2.76 bits per heavy atom. The van der Waals surface area contributed by atoms with Gasteiger partial charge in [0, 0.05) is 23.0 Å². The standard InChI is InChI=1S/C22H24N10O7S3/c1-5-6-31-21(26-29-30-31)41-9-10-8-40-18-13(17(35)32(18)14(10)19(36)37)24-16(34)12(15-25-20(23)42-28-15)27-38-7-11(33)39-22(2,3)4/h1,13,18H,6-9H2,2-4H3,(H,24,34)(H,36,37)(H2,23,25,28)/t13?,18-/m1/s1. The maximum atomic E-state index is 13.2. The number of terminal acetylenes is 1. The number of aromatic nitrogens is 6. The largest absolute Gasteiger partial charge is 0.477 e. The van der Waals surface area contributed by atoms with Crippen LogP contribution in [0.25, 0.3) is 0 Å². The summed E-state index contributed by atoms with van der Waals surface area (Å²) in [5, 5.41) is 27.2. The van der Waals surface area contributed by atoms with E-state index in [0.29, 0.717) is 10.7 Å². The molecule has 4 heterocycles. The summed E-state index contributed by atoms with van der Waals surface area (Å²) < 4.78 is 10.5. The summed E-state index contributed by atoms with van der Waals surface area (Å²) in [5.41, 5.74) is 4.74. The zero-order valence-electron chi connectivity index (χ0n) is 22.3. The van der Waals surface area contributed by atoms with Gasteiger partial charge in [-0.2, -0.15) is 9.36 Å². The molecule has 2 amide bonds. The Morgan fingerprint density at radius 1 is 1.36 bits per heavy atom. The summed E-state index contributed by atoms with van der Waals surface area (Å²) in [6.45, 7) is 4.56. The SMILES string of the molecule is C#CCn1nnnc1SCC1=C(C(=O)O)N2C(=O)C(NC(=O)C(=NOCC(=O)OC(C)(C)C)c3nsc(N)n3)[C@H]2SC1. The fraction of sp³-hybridized carbons (Fsp3) is 0.455. The first-order valence-electron chi connectivity index (χ1n) is 11.9. The van der Waals surface area contributed by atoms with Gasteiger partial charge in [-0.1, -0.05) is 22.8 Å². The summed E-state index contributed by atoms with van der Waals surface area (Å²) in [5.74, 6) is -0.860. The molecule has 2 aromatic heterocycles. The molecule has 2 aliphatic heterocycles. The third-order valence-corrected chi connectivity index (χ3v) is 8.20. The molecule has 1 saturated heterocycles. The highest BCUT2D eigenvalue weighted by atomic mass is 32.2. The van der Waals surface area contributed by atoms with Crippen LogP contribution in [0, 0.1) is 12.3 Å². The lowest BCUT2D eigenvalue weighted by atomic mass is 10.0. The first kappa shape index (κ1) is 30.7. The summed E-state index contributed by atoms with van der Waals surface area (Å²) in [7, 11) is 0. The predicted octanol–water partition coefficient (Wildman–Crippen LogP) is -0.667. The van der Waals surface area contributed by atoms with Crippen LogP contribution in [0.2, 0.25) is 0 Å². The number of anilines is 1. The Bertz CT molecular complexity index is 1510. The molecule has 0 radical (unpaired) electrons. The number of nitrogens with two attached hydrogens (primary N) is 1. The van der Waals surface area contributed by atoms with Crippen molar-refractivity contribution in [1.82, 2.24) is 39.8 Å². The minimum absolute atomic E-state index is 0.0429. The van der Waals surface area contributed by atoms with Gasteiger partial charge < -0.3 is 25.7 Å². The zero-order valence-corrected chi connectivity index (χ0v) is 24.8. The van der Waals surface area contributed by atoms with Gasteiger partial charge in [0.25, 0.3) is 11.8 Å². The Morgan fingerprint density at radius 2 is 2.12 bits per heavy atom. The first-order valence-corrected chi connectivity index (χ1v) is 14.7. The van der Waals surface area contributed by atoms with E-state index in [1.807, 2.05) is 0 Å². The monoisotopic (exact) mass is 636 g/mol. The van der Waals surface area contributed by atoms with Gasteiger partial charge in [0.2, 0.25) is 23.3 Å². The maximum absolute atomic E-state index is 13.2. The second-order valence-electron chi connectivity index (χ2n) is 9.49. The molecular formula is C22H24N10O7S3. The van der Waals surface area contributed by atoms with Crippen molar-refractivity contribution >= 4 is 69.7 Å². The molecule has 1 unspecified atom stereocenters. The van der Waals surface area contributed by atoms with Gasteiger partial charge in [0.1, 0.15) is 29.3 Å². The fourth-order valence-electron chi connectivity index (χ4n) is 3.68. The maximum Gasteiger partial charge on any atom is 0.352 e. The number of oxime groups is 1. The number of β-lactam (4-membered cyclic amide) rings is 1. The first-order chi connectivity index (χ1) is 19.9. The predicted molar refractivity (Wildman–Crippen MR) is 150 cm³/mol. The molecule has 2 aliphatic rings. The number of esters is 1. The smallest absolute Gasteiger partial charge is 0.352 e. The number of amides is 2. The van der Waals surface area contributed by atoms with Gasteiger partial charge in [0.15, 0.2) is 5.13 Å². The molecule has 4 rings (SSSR count). The number of thioether (sulfide) groups is 2. The molecule has 0 saturated carbocycles. The lowest BCUT2D eigenvalue weighted by Crippen LogP contribution is -2.71. The lowest BCUT2D eigenvalue weighted by molar-refractivity contribution is -0.160. The van der Waals surface area contributed by atoms with Crippen molar-refractivity contribution in [2.24, 2.45) is 5.16 Å². The van der Waals surface area contributed by atoms with Gasteiger partial charge in [-0.15, -0.1) is 23.3 Å². The van der Waals surface area contributed by atoms with E-state index in [1.54, 1.807) is 20.8 Å². The minimum Gasteiger partial charge on any atom is -0.477 e. The van der Waals surface area contributed by atoms with E-state index in [1.165, 1.54) is 28.2 Å². The average molecular weight is 637 g/mol. The third-order valence-electron chi connectivity index (χ3n) is 5.28. The number of carbonyl (C=O) groups excluding carboxylic acids is 3. The van der Waals surface area contributed by atoms with Crippen LogP contribution < -0.4 is 11.1 Å². The van der Waals surface area contributed by atoms with Crippen molar-refractivity contribution < 1.29 is 33.9 Å². The van der Waals surface area contributed by atoms with Gasteiger partial charge in [-0.25, -0.2) is 14.3 Å². The van der Waals surface area contributed by atoms with Gasteiger partial charge in [-0.05, 0) is 36.8 Å². The molecule has 0 bridgehead atoms. The quantitative estimate of drug-likeness (QED) is 0.0694. The Labute approximate surface area is 250 Å².